The maximum Gasteiger partial charge on any atom is 0.336 e. The van der Waals surface area contributed by atoms with Crippen LogP contribution in [0.2, 0.25) is 0 Å². The van der Waals surface area contributed by atoms with Crippen LogP contribution in [0.3, 0.4) is 0 Å². The van der Waals surface area contributed by atoms with Gasteiger partial charge in [0.1, 0.15) is 16.7 Å². The molecule has 0 aliphatic rings. The lowest BCUT2D eigenvalue weighted by Gasteiger charge is -2.13. The maximum absolute atomic E-state index is 11.9. The van der Waals surface area contributed by atoms with Gasteiger partial charge >= 0.3 is 17.6 Å². The first-order chi connectivity index (χ1) is 12.2. The molecule has 2 rings (SSSR count). The summed E-state index contributed by atoms with van der Waals surface area (Å²) in [4.78, 5) is 35.3. The van der Waals surface area contributed by atoms with Gasteiger partial charge in [-0.15, -0.1) is 11.6 Å². The summed E-state index contributed by atoms with van der Waals surface area (Å²) in [6.07, 6.45) is 0.227. The molecule has 2 aromatic rings. The molecule has 26 heavy (non-hydrogen) atoms. The van der Waals surface area contributed by atoms with Crippen LogP contribution in [0.1, 0.15) is 38.3 Å². The minimum absolute atomic E-state index is 0.125. The SMILES string of the molecule is Cc1cc(=O)oc2cc(OC(=O)C(C)Cl)c(CCC(=O)OC(C)C)cc12. The number of benzene rings is 1. The molecule has 0 saturated carbocycles. The molecule has 0 spiro atoms. The molecule has 1 atom stereocenters. The number of fused-ring (bicyclic) bond motifs is 1. The molecule has 6 nitrogen and oxygen atoms in total. The molecule has 0 aliphatic heterocycles. The van der Waals surface area contributed by atoms with E-state index < -0.39 is 17.0 Å². The highest BCUT2D eigenvalue weighted by Crippen LogP contribution is 2.29. The monoisotopic (exact) mass is 380 g/mol. The predicted octanol–water partition coefficient (Wildman–Crippen LogP) is 3.52. The smallest absolute Gasteiger partial charge is 0.336 e. The Morgan fingerprint density at radius 2 is 1.88 bits per heavy atom. The van der Waals surface area contributed by atoms with Gasteiger partial charge < -0.3 is 13.9 Å². The summed E-state index contributed by atoms with van der Waals surface area (Å²) in [6.45, 7) is 6.82. The lowest BCUT2D eigenvalue weighted by Crippen LogP contribution is -2.18. The summed E-state index contributed by atoms with van der Waals surface area (Å²) in [5.74, 6) is -0.771. The molecular weight excluding hydrogens is 360 g/mol. The van der Waals surface area contributed by atoms with E-state index in [0.717, 1.165) is 5.56 Å². The average molecular weight is 381 g/mol. The summed E-state index contributed by atoms with van der Waals surface area (Å²) in [6, 6.07) is 4.60. The Balaban J connectivity index is 2.41. The third-order valence-electron chi connectivity index (χ3n) is 3.63. The number of hydrogen-bond acceptors (Lipinski definition) is 6. The highest BCUT2D eigenvalue weighted by molar-refractivity contribution is 6.29. The Morgan fingerprint density at radius 3 is 2.50 bits per heavy atom. The number of carbonyl (C=O) groups excluding carboxylic acids is 2. The topological polar surface area (TPSA) is 82.8 Å². The molecular formula is C19H21ClO6. The van der Waals surface area contributed by atoms with E-state index in [-0.39, 0.29) is 24.2 Å². The third kappa shape index (κ3) is 5.08. The quantitative estimate of drug-likeness (QED) is 0.330. The molecule has 1 aromatic carbocycles. The van der Waals surface area contributed by atoms with Crippen LogP contribution in [0.25, 0.3) is 11.0 Å². The van der Waals surface area contributed by atoms with E-state index in [9.17, 15) is 14.4 Å². The predicted molar refractivity (Wildman–Crippen MR) is 97.7 cm³/mol. The number of rotatable bonds is 6. The minimum atomic E-state index is -0.839. The van der Waals surface area contributed by atoms with Gasteiger partial charge in [0.25, 0.3) is 0 Å². The summed E-state index contributed by atoms with van der Waals surface area (Å²) in [5, 5.41) is -0.135. The molecule has 7 heteroatoms. The zero-order valence-corrected chi connectivity index (χ0v) is 15.9. The number of alkyl halides is 1. The van der Waals surface area contributed by atoms with Crippen LogP contribution >= 0.6 is 11.6 Å². The van der Waals surface area contributed by atoms with Crippen LogP contribution in [0.5, 0.6) is 5.75 Å². The Kier molecular flexibility index (Phi) is 6.42. The van der Waals surface area contributed by atoms with E-state index in [2.05, 4.69) is 0 Å². The number of hydrogen-bond donors (Lipinski definition) is 0. The van der Waals surface area contributed by atoms with Crippen LogP contribution in [-0.4, -0.2) is 23.4 Å². The minimum Gasteiger partial charge on any atom is -0.463 e. The van der Waals surface area contributed by atoms with Crippen molar-refractivity contribution in [3.05, 3.63) is 39.7 Å². The molecule has 0 amide bonds. The van der Waals surface area contributed by atoms with Crippen LogP contribution in [0.15, 0.2) is 27.4 Å². The highest BCUT2D eigenvalue weighted by Gasteiger charge is 2.18. The van der Waals surface area contributed by atoms with E-state index in [4.69, 9.17) is 25.5 Å². The van der Waals surface area contributed by atoms with E-state index in [1.54, 1.807) is 26.8 Å². The van der Waals surface area contributed by atoms with Gasteiger partial charge in [0.2, 0.25) is 0 Å². The lowest BCUT2D eigenvalue weighted by atomic mass is 10.0. The summed E-state index contributed by atoms with van der Waals surface area (Å²) < 4.78 is 15.6. The molecule has 0 N–H and O–H groups in total. The number of aryl methyl sites for hydroxylation is 2. The van der Waals surface area contributed by atoms with E-state index in [1.165, 1.54) is 19.1 Å². The molecule has 0 aliphatic carbocycles. The van der Waals surface area contributed by atoms with Gasteiger partial charge in [0, 0.05) is 23.9 Å². The second-order valence-electron chi connectivity index (χ2n) is 6.28. The molecule has 1 heterocycles. The van der Waals surface area contributed by atoms with Crippen molar-refractivity contribution in [3.8, 4) is 5.75 Å². The molecule has 0 bridgehead atoms. The number of esters is 2. The van der Waals surface area contributed by atoms with Crippen LogP contribution in [0, 0.1) is 6.92 Å². The van der Waals surface area contributed by atoms with Crippen molar-refractivity contribution < 1.29 is 23.5 Å². The van der Waals surface area contributed by atoms with Gasteiger partial charge in [-0.3, -0.25) is 9.59 Å². The molecule has 0 saturated heterocycles. The van der Waals surface area contributed by atoms with Gasteiger partial charge in [-0.05, 0) is 51.3 Å². The van der Waals surface area contributed by atoms with Crippen molar-refractivity contribution in [3.63, 3.8) is 0 Å². The van der Waals surface area contributed by atoms with Crippen LogP contribution in [-0.2, 0) is 20.7 Å². The summed E-state index contributed by atoms with van der Waals surface area (Å²) in [5.41, 5.74) is 1.16. The van der Waals surface area contributed by atoms with Gasteiger partial charge in [-0.2, -0.15) is 0 Å². The first-order valence-electron chi connectivity index (χ1n) is 8.30. The average Bonchev–Trinajstić information content (AvgIpc) is 2.52. The van der Waals surface area contributed by atoms with E-state index in [0.29, 0.717) is 23.0 Å². The normalized spacial score (nSPS) is 12.2. The second-order valence-corrected chi connectivity index (χ2v) is 6.93. The first kappa shape index (κ1) is 20.0. The van der Waals surface area contributed by atoms with Gasteiger partial charge in [0.05, 0.1) is 6.10 Å². The molecule has 1 aromatic heterocycles. The number of carbonyl (C=O) groups is 2. The number of ether oxygens (including phenoxy) is 2. The second kappa shape index (κ2) is 8.36. The van der Waals surface area contributed by atoms with Crippen molar-refractivity contribution in [2.75, 3.05) is 0 Å². The fraction of sp³-hybridized carbons (Fsp3) is 0.421. The van der Waals surface area contributed by atoms with Crippen LogP contribution < -0.4 is 10.4 Å². The summed E-state index contributed by atoms with van der Waals surface area (Å²) in [7, 11) is 0. The zero-order chi connectivity index (χ0) is 19.4. The number of halogens is 1. The zero-order valence-electron chi connectivity index (χ0n) is 15.1. The van der Waals surface area contributed by atoms with Crippen LogP contribution in [0.4, 0.5) is 0 Å². The molecule has 1 unspecified atom stereocenters. The van der Waals surface area contributed by atoms with Crippen molar-refractivity contribution in [1.82, 2.24) is 0 Å². The standard InChI is InChI=1S/C19H21ClO6/c1-10(2)24-17(21)6-5-13-8-14-11(3)7-18(22)25-16(14)9-15(13)26-19(23)12(4)20/h7-10,12H,5-6H2,1-4H3. The van der Waals surface area contributed by atoms with Gasteiger partial charge in [-0.25, -0.2) is 4.79 Å². The highest BCUT2D eigenvalue weighted by atomic mass is 35.5. The van der Waals surface area contributed by atoms with E-state index >= 15 is 0 Å². The first-order valence-corrected chi connectivity index (χ1v) is 8.73. The fourth-order valence-corrected chi connectivity index (χ4v) is 2.47. The van der Waals surface area contributed by atoms with Crippen molar-refractivity contribution in [1.29, 1.82) is 0 Å². The molecule has 140 valence electrons. The van der Waals surface area contributed by atoms with Gasteiger partial charge in [-0.1, -0.05) is 0 Å². The van der Waals surface area contributed by atoms with Crippen molar-refractivity contribution >= 4 is 34.5 Å². The Morgan fingerprint density at radius 1 is 1.19 bits per heavy atom. The summed E-state index contributed by atoms with van der Waals surface area (Å²) >= 11 is 5.76. The largest absolute Gasteiger partial charge is 0.463 e. The third-order valence-corrected chi connectivity index (χ3v) is 3.81. The Bertz CT molecular complexity index is 881. The van der Waals surface area contributed by atoms with Crippen molar-refractivity contribution in [2.24, 2.45) is 0 Å². The fourth-order valence-electron chi connectivity index (χ4n) is 2.43. The Hall–Kier alpha value is -2.34. The Labute approximate surface area is 156 Å². The molecule has 0 radical (unpaired) electrons. The lowest BCUT2D eigenvalue weighted by molar-refractivity contribution is -0.147. The van der Waals surface area contributed by atoms with Crippen molar-refractivity contribution in [2.45, 2.75) is 52.0 Å². The van der Waals surface area contributed by atoms with E-state index in [1.807, 2.05) is 0 Å². The van der Waals surface area contributed by atoms with Gasteiger partial charge in [0.15, 0.2) is 0 Å². The maximum atomic E-state index is 11.9. The molecule has 0 fully saturated rings.